The van der Waals surface area contributed by atoms with Crippen LogP contribution in [0.15, 0.2) is 146 Å². The summed E-state index contributed by atoms with van der Waals surface area (Å²) in [4.78, 5) is 0. The average Bonchev–Trinajstić information content (AvgIpc) is 3.16. The number of ether oxygens (including phenoxy) is 6. The van der Waals surface area contributed by atoms with Crippen LogP contribution in [-0.2, 0) is 56.7 Å². The summed E-state index contributed by atoms with van der Waals surface area (Å²) >= 11 is 0. The highest BCUT2D eigenvalue weighted by molar-refractivity contribution is 5.27. The minimum Gasteiger partial charge on any atom is -0.497 e. The summed E-state index contributed by atoms with van der Waals surface area (Å²) in [7, 11) is 1.64. The molecule has 254 valence electrons. The molecular formula is C42H44O7. The van der Waals surface area contributed by atoms with Crippen LogP contribution in [0, 0.1) is 0 Å². The van der Waals surface area contributed by atoms with Gasteiger partial charge >= 0.3 is 0 Å². The van der Waals surface area contributed by atoms with Crippen molar-refractivity contribution in [1.29, 1.82) is 0 Å². The van der Waals surface area contributed by atoms with Crippen LogP contribution in [0.2, 0.25) is 0 Å². The zero-order chi connectivity index (χ0) is 33.7. The summed E-state index contributed by atoms with van der Waals surface area (Å²) in [6.45, 7) is 1.43. The Balaban J connectivity index is 1.34. The summed E-state index contributed by atoms with van der Waals surface area (Å²) in [5.41, 5.74) is 4.92. The van der Waals surface area contributed by atoms with Crippen molar-refractivity contribution in [2.24, 2.45) is 0 Å². The van der Waals surface area contributed by atoms with E-state index < -0.39 is 36.6 Å². The number of methoxy groups -OCH3 is 1. The van der Waals surface area contributed by atoms with E-state index in [1.54, 1.807) is 7.11 Å². The molecule has 1 saturated carbocycles. The van der Waals surface area contributed by atoms with Gasteiger partial charge in [-0.25, -0.2) is 0 Å². The van der Waals surface area contributed by atoms with E-state index in [1.807, 2.05) is 146 Å². The van der Waals surface area contributed by atoms with Crippen LogP contribution in [0.4, 0.5) is 0 Å². The molecule has 5 aromatic rings. The van der Waals surface area contributed by atoms with Crippen LogP contribution in [0.25, 0.3) is 0 Å². The Kier molecular flexibility index (Phi) is 12.6. The minimum absolute atomic E-state index is 0.239. The van der Waals surface area contributed by atoms with Crippen molar-refractivity contribution in [3.8, 4) is 5.75 Å². The Bertz CT molecular complexity index is 1640. The van der Waals surface area contributed by atoms with Crippen molar-refractivity contribution < 1.29 is 33.5 Å². The second kappa shape index (κ2) is 17.9. The van der Waals surface area contributed by atoms with Gasteiger partial charge in [-0.3, -0.25) is 0 Å². The van der Waals surface area contributed by atoms with E-state index in [4.69, 9.17) is 28.4 Å². The summed E-state index contributed by atoms with van der Waals surface area (Å²) < 4.78 is 38.7. The zero-order valence-electron chi connectivity index (χ0n) is 27.8. The maximum absolute atomic E-state index is 12.2. The maximum Gasteiger partial charge on any atom is 0.118 e. The van der Waals surface area contributed by atoms with Gasteiger partial charge in [0.2, 0.25) is 0 Å². The van der Waals surface area contributed by atoms with Gasteiger partial charge in [0.15, 0.2) is 0 Å². The standard InChI is InChI=1S/C42H44O7/c1-44-36-24-22-35(23-25-36)30-46-39-37(43)38(45-26-31-14-6-2-7-15-31)40(47-27-32-16-8-3-9-17-32)42(49-29-34-20-12-5-13-21-34)41(39)48-28-33-18-10-4-11-19-33/h2-25,37-43H,26-30H2,1H3/t37-,38-,39+,40+,41+,42-/m1/s1. The third-order valence-electron chi connectivity index (χ3n) is 8.71. The first-order valence-corrected chi connectivity index (χ1v) is 16.7. The van der Waals surface area contributed by atoms with Crippen molar-refractivity contribution >= 4 is 0 Å². The number of rotatable bonds is 16. The fraction of sp³-hybridized carbons (Fsp3) is 0.286. The summed E-state index contributed by atoms with van der Waals surface area (Å²) in [6.07, 6.45) is -4.73. The zero-order valence-corrected chi connectivity index (χ0v) is 27.8. The van der Waals surface area contributed by atoms with Gasteiger partial charge in [-0.1, -0.05) is 133 Å². The van der Waals surface area contributed by atoms with Gasteiger partial charge in [-0.05, 0) is 39.9 Å². The second-order valence-electron chi connectivity index (χ2n) is 12.2. The highest BCUT2D eigenvalue weighted by atomic mass is 16.6. The van der Waals surface area contributed by atoms with E-state index in [0.717, 1.165) is 33.6 Å². The van der Waals surface area contributed by atoms with Gasteiger partial charge < -0.3 is 33.5 Å². The van der Waals surface area contributed by atoms with Crippen LogP contribution in [0.3, 0.4) is 0 Å². The van der Waals surface area contributed by atoms with E-state index in [9.17, 15) is 5.11 Å². The van der Waals surface area contributed by atoms with Gasteiger partial charge in [-0.15, -0.1) is 0 Å². The summed E-state index contributed by atoms with van der Waals surface area (Å²) in [5, 5.41) is 12.2. The van der Waals surface area contributed by atoms with Crippen molar-refractivity contribution in [2.75, 3.05) is 7.11 Å². The molecule has 0 aromatic heterocycles. The molecule has 0 unspecified atom stereocenters. The average molecular weight is 661 g/mol. The molecule has 6 rings (SSSR count). The third-order valence-corrected chi connectivity index (χ3v) is 8.71. The molecule has 7 nitrogen and oxygen atoms in total. The lowest BCUT2D eigenvalue weighted by molar-refractivity contribution is -0.283. The van der Waals surface area contributed by atoms with Crippen molar-refractivity contribution in [2.45, 2.75) is 69.7 Å². The Morgan fingerprint density at radius 1 is 0.367 bits per heavy atom. The van der Waals surface area contributed by atoms with Crippen LogP contribution in [-0.4, -0.2) is 48.8 Å². The first-order valence-electron chi connectivity index (χ1n) is 16.7. The molecule has 49 heavy (non-hydrogen) atoms. The normalized spacial score (nSPS) is 22.1. The largest absolute Gasteiger partial charge is 0.497 e. The van der Waals surface area contributed by atoms with E-state index in [1.165, 1.54) is 0 Å². The summed E-state index contributed by atoms with van der Waals surface area (Å²) in [6, 6.07) is 47.6. The van der Waals surface area contributed by atoms with E-state index in [0.29, 0.717) is 19.8 Å². The second-order valence-corrected chi connectivity index (χ2v) is 12.2. The molecule has 0 amide bonds. The molecule has 1 aliphatic carbocycles. The van der Waals surface area contributed by atoms with Gasteiger partial charge in [0, 0.05) is 0 Å². The number of hydrogen-bond donors (Lipinski definition) is 1. The number of aliphatic hydroxyl groups is 1. The maximum atomic E-state index is 12.2. The monoisotopic (exact) mass is 660 g/mol. The third kappa shape index (κ3) is 9.64. The molecular weight excluding hydrogens is 616 g/mol. The first kappa shape index (κ1) is 34.5. The van der Waals surface area contributed by atoms with Gasteiger partial charge in [0.1, 0.15) is 42.4 Å². The fourth-order valence-electron chi connectivity index (χ4n) is 6.07. The molecule has 7 heteroatoms. The van der Waals surface area contributed by atoms with Crippen molar-refractivity contribution in [1.82, 2.24) is 0 Å². The van der Waals surface area contributed by atoms with Crippen LogP contribution in [0.5, 0.6) is 5.75 Å². The Hall–Kier alpha value is -4.34. The molecule has 5 aromatic carbocycles. The molecule has 0 spiro atoms. The van der Waals surface area contributed by atoms with E-state index in [2.05, 4.69) is 0 Å². The topological polar surface area (TPSA) is 75.6 Å². The predicted molar refractivity (Wildman–Crippen MR) is 188 cm³/mol. The smallest absolute Gasteiger partial charge is 0.118 e. The molecule has 1 fully saturated rings. The molecule has 0 bridgehead atoms. The lowest BCUT2D eigenvalue weighted by Gasteiger charge is -2.48. The number of aliphatic hydroxyl groups excluding tert-OH is 1. The molecule has 0 radical (unpaired) electrons. The molecule has 1 N–H and O–H groups in total. The van der Waals surface area contributed by atoms with E-state index in [-0.39, 0.29) is 13.2 Å². The quantitative estimate of drug-likeness (QED) is 0.119. The van der Waals surface area contributed by atoms with Crippen LogP contribution in [0.1, 0.15) is 27.8 Å². The van der Waals surface area contributed by atoms with Crippen molar-refractivity contribution in [3.05, 3.63) is 173 Å². The van der Waals surface area contributed by atoms with Gasteiger partial charge in [-0.2, -0.15) is 0 Å². The summed E-state index contributed by atoms with van der Waals surface area (Å²) in [5.74, 6) is 0.757. The highest BCUT2D eigenvalue weighted by Gasteiger charge is 2.54. The molecule has 0 saturated heterocycles. The number of benzene rings is 5. The Labute approximate surface area is 289 Å². The van der Waals surface area contributed by atoms with Crippen LogP contribution >= 0.6 is 0 Å². The first-order chi connectivity index (χ1) is 24.2. The lowest BCUT2D eigenvalue weighted by Crippen LogP contribution is -2.66. The van der Waals surface area contributed by atoms with Gasteiger partial charge in [0.05, 0.1) is 40.1 Å². The van der Waals surface area contributed by atoms with Crippen LogP contribution < -0.4 is 4.74 Å². The molecule has 6 atom stereocenters. The SMILES string of the molecule is COc1ccc(CO[C@H]2[C@H](O)[C@@H](OCc3ccccc3)[C@H](OCc3ccccc3)[C@@H](OCc3ccccc3)[C@H]2OCc2ccccc2)cc1. The molecule has 1 aliphatic rings. The highest BCUT2D eigenvalue weighted by Crippen LogP contribution is 2.35. The minimum atomic E-state index is -1.10. The van der Waals surface area contributed by atoms with Crippen molar-refractivity contribution in [3.63, 3.8) is 0 Å². The van der Waals surface area contributed by atoms with E-state index >= 15 is 0 Å². The number of hydrogen-bond acceptors (Lipinski definition) is 7. The molecule has 0 heterocycles. The lowest BCUT2D eigenvalue weighted by atomic mass is 9.83. The van der Waals surface area contributed by atoms with Gasteiger partial charge in [0.25, 0.3) is 0 Å². The fourth-order valence-corrected chi connectivity index (χ4v) is 6.07. The predicted octanol–water partition coefficient (Wildman–Crippen LogP) is 7.30. The Morgan fingerprint density at radius 2 is 0.633 bits per heavy atom. The molecule has 0 aliphatic heterocycles. The Morgan fingerprint density at radius 3 is 0.939 bits per heavy atom.